The summed E-state index contributed by atoms with van der Waals surface area (Å²) >= 11 is 0. The molecule has 1 heterocycles. The van der Waals surface area contributed by atoms with Crippen LogP contribution in [0.5, 0.6) is 0 Å². The highest BCUT2D eigenvalue weighted by atomic mass is 16.1. The van der Waals surface area contributed by atoms with Gasteiger partial charge in [0.05, 0.1) is 22.7 Å². The molecule has 0 aliphatic heterocycles. The zero-order valence-corrected chi connectivity index (χ0v) is 21.0. The summed E-state index contributed by atoms with van der Waals surface area (Å²) in [7, 11) is 0. The third kappa shape index (κ3) is 5.26. The average molecular weight is 471 g/mol. The van der Waals surface area contributed by atoms with E-state index in [4.69, 9.17) is 5.10 Å². The minimum atomic E-state index is -0.199. The van der Waals surface area contributed by atoms with Crippen LogP contribution in [0, 0.1) is 11.8 Å². The van der Waals surface area contributed by atoms with Gasteiger partial charge in [0.25, 0.3) is 11.5 Å². The average Bonchev–Trinajstić information content (AvgIpc) is 3.72. The first-order valence-corrected chi connectivity index (χ1v) is 12.6. The number of rotatable bonds is 9. The molecule has 6 heteroatoms. The maximum absolute atomic E-state index is 13.5. The highest BCUT2D eigenvalue weighted by Crippen LogP contribution is 2.44. The third-order valence-electron chi connectivity index (χ3n) is 6.85. The number of aromatic nitrogens is 2. The molecule has 35 heavy (non-hydrogen) atoms. The normalized spacial score (nSPS) is 15.9. The van der Waals surface area contributed by atoms with E-state index in [0.717, 1.165) is 35.9 Å². The van der Waals surface area contributed by atoms with Gasteiger partial charge < -0.3 is 5.32 Å². The molecular formula is C29H34N4O2. The second-order valence-corrected chi connectivity index (χ2v) is 9.26. The van der Waals surface area contributed by atoms with E-state index < -0.39 is 0 Å². The van der Waals surface area contributed by atoms with Crippen LogP contribution in [0.3, 0.4) is 0 Å². The number of hydrogen-bond acceptors (Lipinski definition) is 4. The highest BCUT2D eigenvalue weighted by molar-refractivity contribution is 6.17. The van der Waals surface area contributed by atoms with E-state index >= 15 is 0 Å². The van der Waals surface area contributed by atoms with Gasteiger partial charge in [-0.25, -0.2) is 4.68 Å². The Morgan fingerprint density at radius 2 is 1.83 bits per heavy atom. The molecule has 2 aromatic carbocycles. The van der Waals surface area contributed by atoms with E-state index in [0.29, 0.717) is 35.0 Å². The quantitative estimate of drug-likeness (QED) is 0.306. The number of hydrogen-bond donors (Lipinski definition) is 1. The van der Waals surface area contributed by atoms with Gasteiger partial charge in [-0.05, 0) is 56.7 Å². The SMILES string of the molecule is CC=C(C=NCC)C(=O)Nc1ccc(-c2nn(C(C(C)CC)C3CC3)c(=O)c3ccccc23)cc1. The van der Waals surface area contributed by atoms with Crippen LogP contribution in [-0.4, -0.2) is 28.4 Å². The van der Waals surface area contributed by atoms with Crippen molar-refractivity contribution in [2.75, 3.05) is 11.9 Å². The number of anilines is 1. The van der Waals surface area contributed by atoms with Crippen LogP contribution < -0.4 is 10.9 Å². The molecule has 2 atom stereocenters. The lowest BCUT2D eigenvalue weighted by molar-refractivity contribution is -0.112. The Kier molecular flexibility index (Phi) is 7.59. The molecule has 1 saturated carbocycles. The molecule has 1 aromatic heterocycles. The number of carbonyl (C=O) groups is 1. The molecule has 0 saturated heterocycles. The molecule has 3 aromatic rings. The number of nitrogens with one attached hydrogen (secondary N) is 1. The van der Waals surface area contributed by atoms with Gasteiger partial charge in [-0.3, -0.25) is 14.6 Å². The van der Waals surface area contributed by atoms with Crippen LogP contribution in [0.15, 0.2) is 70.0 Å². The summed E-state index contributed by atoms with van der Waals surface area (Å²) < 4.78 is 1.75. The third-order valence-corrected chi connectivity index (χ3v) is 6.85. The first-order chi connectivity index (χ1) is 17.0. The van der Waals surface area contributed by atoms with E-state index in [9.17, 15) is 9.59 Å². The van der Waals surface area contributed by atoms with Gasteiger partial charge in [0.1, 0.15) is 0 Å². The van der Waals surface area contributed by atoms with Crippen molar-refractivity contribution >= 4 is 28.6 Å². The lowest BCUT2D eigenvalue weighted by Gasteiger charge is -2.25. The van der Waals surface area contributed by atoms with Crippen LogP contribution >= 0.6 is 0 Å². The molecule has 1 N–H and O–H groups in total. The summed E-state index contributed by atoms with van der Waals surface area (Å²) in [6.07, 6.45) is 6.64. The molecule has 1 aliphatic carbocycles. The topological polar surface area (TPSA) is 76.3 Å². The number of allylic oxidation sites excluding steroid dienone is 1. The molecule has 4 rings (SSSR count). The Bertz CT molecular complexity index is 1320. The maximum Gasteiger partial charge on any atom is 0.274 e. The van der Waals surface area contributed by atoms with Crippen molar-refractivity contribution in [3.8, 4) is 11.3 Å². The van der Waals surface area contributed by atoms with E-state index in [1.807, 2.05) is 62.4 Å². The Labute approximate surface area is 206 Å². The summed E-state index contributed by atoms with van der Waals surface area (Å²) in [6, 6.07) is 15.5. The minimum absolute atomic E-state index is 0.0157. The molecule has 1 fully saturated rings. The van der Waals surface area contributed by atoms with Gasteiger partial charge in [0, 0.05) is 29.4 Å². The van der Waals surface area contributed by atoms with E-state index in [1.165, 1.54) is 0 Å². The summed E-state index contributed by atoms with van der Waals surface area (Å²) in [4.78, 5) is 30.2. The molecule has 0 spiro atoms. The lowest BCUT2D eigenvalue weighted by Crippen LogP contribution is -2.32. The van der Waals surface area contributed by atoms with Crippen molar-refractivity contribution < 1.29 is 4.79 Å². The fraction of sp³-hybridized carbons (Fsp3) is 0.379. The second kappa shape index (κ2) is 10.8. The predicted octanol–water partition coefficient (Wildman–Crippen LogP) is 6.04. The Morgan fingerprint density at radius 1 is 1.14 bits per heavy atom. The van der Waals surface area contributed by atoms with Gasteiger partial charge in [-0.1, -0.05) is 56.7 Å². The number of nitrogens with zero attached hydrogens (tertiary/aromatic N) is 3. The Hall–Kier alpha value is -3.54. The summed E-state index contributed by atoms with van der Waals surface area (Å²) in [5.41, 5.74) is 2.89. The van der Waals surface area contributed by atoms with Crippen molar-refractivity contribution in [2.45, 2.75) is 53.0 Å². The number of aliphatic imine (C=N–C) groups is 1. The Morgan fingerprint density at radius 3 is 2.43 bits per heavy atom. The smallest absolute Gasteiger partial charge is 0.274 e. The van der Waals surface area contributed by atoms with Crippen LogP contribution in [0.2, 0.25) is 0 Å². The number of amides is 1. The van der Waals surface area contributed by atoms with Crippen molar-refractivity contribution in [1.82, 2.24) is 9.78 Å². The van der Waals surface area contributed by atoms with Crippen molar-refractivity contribution in [3.63, 3.8) is 0 Å². The molecule has 1 aliphatic rings. The van der Waals surface area contributed by atoms with Crippen molar-refractivity contribution in [3.05, 3.63) is 70.5 Å². The first-order valence-electron chi connectivity index (χ1n) is 12.6. The van der Waals surface area contributed by atoms with Gasteiger partial charge in [-0.15, -0.1) is 0 Å². The molecular weight excluding hydrogens is 436 g/mol. The van der Waals surface area contributed by atoms with E-state index in [-0.39, 0.29) is 17.5 Å². The van der Waals surface area contributed by atoms with Crippen LogP contribution in [0.1, 0.15) is 53.0 Å². The molecule has 0 radical (unpaired) electrons. The number of benzene rings is 2. The first kappa shape index (κ1) is 24.6. The molecule has 2 unspecified atom stereocenters. The zero-order valence-electron chi connectivity index (χ0n) is 21.0. The fourth-order valence-corrected chi connectivity index (χ4v) is 4.58. The summed E-state index contributed by atoms with van der Waals surface area (Å²) in [5, 5.41) is 9.42. The van der Waals surface area contributed by atoms with Gasteiger partial charge in [0.15, 0.2) is 0 Å². The monoisotopic (exact) mass is 470 g/mol. The van der Waals surface area contributed by atoms with Crippen LogP contribution in [0.4, 0.5) is 5.69 Å². The zero-order chi connectivity index (χ0) is 24.9. The standard InChI is InChI=1S/C29H34N4O2/c1-5-19(4)27(22-12-13-22)33-29(35)25-11-9-8-10-24(25)26(32-33)21-14-16-23(17-15-21)31-28(34)20(6-2)18-30-7-3/h6,8-11,14-19,22,27H,5,7,12-13H2,1-4H3,(H,31,34). The van der Waals surface area contributed by atoms with Crippen LogP contribution in [0.25, 0.3) is 22.0 Å². The van der Waals surface area contributed by atoms with E-state index in [1.54, 1.807) is 17.0 Å². The minimum Gasteiger partial charge on any atom is -0.322 e. The number of fused-ring (bicyclic) bond motifs is 1. The molecule has 182 valence electrons. The molecule has 6 nitrogen and oxygen atoms in total. The van der Waals surface area contributed by atoms with E-state index in [2.05, 4.69) is 24.2 Å². The largest absolute Gasteiger partial charge is 0.322 e. The predicted molar refractivity (Wildman–Crippen MR) is 144 cm³/mol. The lowest BCUT2D eigenvalue weighted by atomic mass is 9.95. The highest BCUT2D eigenvalue weighted by Gasteiger charge is 2.37. The summed E-state index contributed by atoms with van der Waals surface area (Å²) in [5.74, 6) is 0.686. The second-order valence-electron chi connectivity index (χ2n) is 9.26. The van der Waals surface area contributed by atoms with Crippen LogP contribution in [-0.2, 0) is 4.79 Å². The van der Waals surface area contributed by atoms with Gasteiger partial charge in [-0.2, -0.15) is 5.10 Å². The van der Waals surface area contributed by atoms with Crippen molar-refractivity contribution in [2.24, 2.45) is 16.8 Å². The fourth-order valence-electron chi connectivity index (χ4n) is 4.58. The molecule has 1 amide bonds. The molecule has 0 bridgehead atoms. The van der Waals surface area contributed by atoms with Gasteiger partial charge >= 0.3 is 0 Å². The summed E-state index contributed by atoms with van der Waals surface area (Å²) in [6.45, 7) is 8.76. The van der Waals surface area contributed by atoms with Crippen molar-refractivity contribution in [1.29, 1.82) is 0 Å². The van der Waals surface area contributed by atoms with Gasteiger partial charge in [0.2, 0.25) is 0 Å². The Balaban J connectivity index is 1.72. The maximum atomic E-state index is 13.5. The number of carbonyl (C=O) groups excluding carboxylic acids is 1.